The lowest BCUT2D eigenvalue weighted by molar-refractivity contribution is 0.190. The van der Waals surface area contributed by atoms with E-state index in [0.29, 0.717) is 6.04 Å². The Morgan fingerprint density at radius 2 is 1.73 bits per heavy atom. The van der Waals surface area contributed by atoms with Crippen molar-refractivity contribution in [2.45, 2.75) is 31.7 Å². The number of benzene rings is 1. The van der Waals surface area contributed by atoms with Crippen LogP contribution in [0.4, 0.5) is 10.5 Å². The van der Waals surface area contributed by atoms with Crippen LogP contribution in [0.5, 0.6) is 5.75 Å². The van der Waals surface area contributed by atoms with E-state index >= 15 is 0 Å². The van der Waals surface area contributed by atoms with Crippen molar-refractivity contribution in [3.05, 3.63) is 24.3 Å². The molecule has 1 saturated carbocycles. The number of hydrogen-bond acceptors (Lipinski definition) is 3. The summed E-state index contributed by atoms with van der Waals surface area (Å²) in [7, 11) is 1.68. The summed E-state index contributed by atoms with van der Waals surface area (Å²) in [6, 6.07) is 8.62. The Balaban J connectivity index is 1.49. The molecule has 22 heavy (non-hydrogen) atoms. The summed E-state index contributed by atoms with van der Waals surface area (Å²) >= 11 is 0. The van der Waals surface area contributed by atoms with E-state index in [1.54, 1.807) is 7.11 Å². The quantitative estimate of drug-likeness (QED) is 0.933. The topological polar surface area (TPSA) is 44.8 Å². The van der Waals surface area contributed by atoms with Crippen molar-refractivity contribution in [2.75, 3.05) is 38.2 Å². The van der Waals surface area contributed by atoms with Crippen LogP contribution in [-0.2, 0) is 0 Å². The minimum absolute atomic E-state index is 0.112. The Hall–Kier alpha value is -1.91. The third kappa shape index (κ3) is 3.46. The predicted octanol–water partition coefficient (Wildman–Crippen LogP) is 2.47. The summed E-state index contributed by atoms with van der Waals surface area (Å²) in [5.41, 5.74) is 1.19. The van der Waals surface area contributed by atoms with E-state index in [0.717, 1.165) is 44.8 Å². The van der Waals surface area contributed by atoms with Gasteiger partial charge in [-0.25, -0.2) is 4.79 Å². The van der Waals surface area contributed by atoms with Crippen molar-refractivity contribution in [3.8, 4) is 5.75 Å². The molecule has 5 heteroatoms. The van der Waals surface area contributed by atoms with Gasteiger partial charge in [-0.3, -0.25) is 0 Å². The maximum atomic E-state index is 12.3. The van der Waals surface area contributed by atoms with Gasteiger partial charge in [-0.1, -0.05) is 12.8 Å². The van der Waals surface area contributed by atoms with Crippen molar-refractivity contribution >= 4 is 11.7 Å². The van der Waals surface area contributed by atoms with Crippen molar-refractivity contribution in [1.29, 1.82) is 0 Å². The molecule has 120 valence electrons. The lowest BCUT2D eigenvalue weighted by atomic mass is 10.2. The number of piperazine rings is 1. The monoisotopic (exact) mass is 303 g/mol. The Bertz CT molecular complexity index is 489. The van der Waals surface area contributed by atoms with Crippen LogP contribution in [0.2, 0.25) is 0 Å². The average molecular weight is 303 g/mol. The number of amides is 2. The van der Waals surface area contributed by atoms with Gasteiger partial charge in [0.05, 0.1) is 7.11 Å². The van der Waals surface area contributed by atoms with E-state index in [9.17, 15) is 4.79 Å². The minimum atomic E-state index is 0.112. The highest BCUT2D eigenvalue weighted by atomic mass is 16.5. The van der Waals surface area contributed by atoms with Gasteiger partial charge in [-0.15, -0.1) is 0 Å². The Morgan fingerprint density at radius 3 is 2.32 bits per heavy atom. The van der Waals surface area contributed by atoms with Crippen molar-refractivity contribution < 1.29 is 9.53 Å². The first-order chi connectivity index (χ1) is 10.8. The number of methoxy groups -OCH3 is 1. The molecule has 2 amide bonds. The summed E-state index contributed by atoms with van der Waals surface area (Å²) in [6.45, 7) is 3.32. The van der Waals surface area contributed by atoms with Crippen LogP contribution in [0.15, 0.2) is 24.3 Å². The number of nitrogens with one attached hydrogen (secondary N) is 1. The number of nitrogens with zero attached hydrogens (tertiary/aromatic N) is 2. The molecule has 0 unspecified atom stereocenters. The Labute approximate surface area is 132 Å². The molecule has 0 spiro atoms. The van der Waals surface area contributed by atoms with E-state index in [4.69, 9.17) is 4.74 Å². The van der Waals surface area contributed by atoms with E-state index in [2.05, 4.69) is 22.3 Å². The number of rotatable bonds is 3. The normalized spacial score (nSPS) is 19.3. The van der Waals surface area contributed by atoms with E-state index in [1.807, 2.05) is 17.0 Å². The molecule has 0 bridgehead atoms. The fourth-order valence-electron chi connectivity index (χ4n) is 3.30. The zero-order valence-corrected chi connectivity index (χ0v) is 13.3. The number of ether oxygens (including phenoxy) is 1. The summed E-state index contributed by atoms with van der Waals surface area (Å²) in [5, 5.41) is 3.17. The van der Waals surface area contributed by atoms with Crippen LogP contribution in [-0.4, -0.2) is 50.3 Å². The highest BCUT2D eigenvalue weighted by Gasteiger charge is 2.24. The average Bonchev–Trinajstić information content (AvgIpc) is 3.08. The zero-order chi connectivity index (χ0) is 15.4. The smallest absolute Gasteiger partial charge is 0.317 e. The molecule has 1 aliphatic carbocycles. The number of carbonyl (C=O) groups excluding carboxylic acids is 1. The first kappa shape index (κ1) is 15.0. The largest absolute Gasteiger partial charge is 0.497 e. The van der Waals surface area contributed by atoms with Gasteiger partial charge in [0, 0.05) is 37.9 Å². The molecule has 5 nitrogen and oxygen atoms in total. The van der Waals surface area contributed by atoms with Gasteiger partial charge in [0.15, 0.2) is 0 Å². The van der Waals surface area contributed by atoms with E-state index < -0.39 is 0 Å². The van der Waals surface area contributed by atoms with Crippen LogP contribution in [0.1, 0.15) is 25.7 Å². The van der Waals surface area contributed by atoms with Crippen LogP contribution in [0, 0.1) is 0 Å². The second-order valence-corrected chi connectivity index (χ2v) is 6.10. The summed E-state index contributed by atoms with van der Waals surface area (Å²) in [6.07, 6.45) is 4.77. The Kier molecular flexibility index (Phi) is 4.71. The summed E-state index contributed by atoms with van der Waals surface area (Å²) in [4.78, 5) is 16.5. The zero-order valence-electron chi connectivity index (χ0n) is 13.3. The maximum absolute atomic E-state index is 12.3. The fraction of sp³-hybridized carbons (Fsp3) is 0.588. The van der Waals surface area contributed by atoms with Gasteiger partial charge in [0.1, 0.15) is 5.75 Å². The highest BCUT2D eigenvalue weighted by Crippen LogP contribution is 2.21. The van der Waals surface area contributed by atoms with E-state index in [1.165, 1.54) is 18.5 Å². The first-order valence-electron chi connectivity index (χ1n) is 8.21. The maximum Gasteiger partial charge on any atom is 0.317 e. The van der Waals surface area contributed by atoms with Crippen molar-refractivity contribution in [1.82, 2.24) is 10.2 Å². The number of urea groups is 1. The number of anilines is 1. The standard InChI is InChI=1S/C17H25N3O2/c1-22-16-8-6-15(7-9-16)19-10-12-20(13-11-19)17(21)18-14-4-2-3-5-14/h6-9,14H,2-5,10-13H2,1H3,(H,18,21). The molecule has 2 fully saturated rings. The number of hydrogen-bond donors (Lipinski definition) is 1. The van der Waals surface area contributed by atoms with Crippen LogP contribution in [0.25, 0.3) is 0 Å². The molecule has 0 aromatic heterocycles. The van der Waals surface area contributed by atoms with Gasteiger partial charge < -0.3 is 19.9 Å². The molecule has 1 heterocycles. The third-order valence-corrected chi connectivity index (χ3v) is 4.69. The molecule has 1 aliphatic heterocycles. The number of carbonyl (C=O) groups is 1. The lowest BCUT2D eigenvalue weighted by Gasteiger charge is -2.36. The third-order valence-electron chi connectivity index (χ3n) is 4.69. The van der Waals surface area contributed by atoms with Crippen molar-refractivity contribution in [2.24, 2.45) is 0 Å². The lowest BCUT2D eigenvalue weighted by Crippen LogP contribution is -2.53. The molecule has 1 N–H and O–H groups in total. The summed E-state index contributed by atoms with van der Waals surface area (Å²) in [5.74, 6) is 0.873. The van der Waals surface area contributed by atoms with Crippen LogP contribution in [0.3, 0.4) is 0 Å². The van der Waals surface area contributed by atoms with Gasteiger partial charge in [-0.05, 0) is 37.1 Å². The minimum Gasteiger partial charge on any atom is -0.497 e. The predicted molar refractivity (Wildman–Crippen MR) is 87.6 cm³/mol. The molecule has 0 radical (unpaired) electrons. The van der Waals surface area contributed by atoms with Gasteiger partial charge in [0.25, 0.3) is 0 Å². The second-order valence-electron chi connectivity index (χ2n) is 6.10. The first-order valence-corrected chi connectivity index (χ1v) is 8.21. The molecule has 0 atom stereocenters. The molecule has 1 saturated heterocycles. The molecule has 3 rings (SSSR count). The van der Waals surface area contributed by atoms with Crippen molar-refractivity contribution in [3.63, 3.8) is 0 Å². The van der Waals surface area contributed by atoms with Crippen LogP contribution >= 0.6 is 0 Å². The Morgan fingerprint density at radius 1 is 1.09 bits per heavy atom. The SMILES string of the molecule is COc1ccc(N2CCN(C(=O)NC3CCCC3)CC2)cc1. The van der Waals surface area contributed by atoms with Crippen LogP contribution < -0.4 is 15.0 Å². The van der Waals surface area contributed by atoms with Gasteiger partial charge in [-0.2, -0.15) is 0 Å². The van der Waals surface area contributed by atoms with E-state index in [-0.39, 0.29) is 6.03 Å². The second kappa shape index (κ2) is 6.90. The fourth-order valence-corrected chi connectivity index (χ4v) is 3.30. The molecule has 1 aromatic rings. The molecular formula is C17H25N3O2. The molecular weight excluding hydrogens is 278 g/mol. The highest BCUT2D eigenvalue weighted by molar-refractivity contribution is 5.75. The van der Waals surface area contributed by atoms with Gasteiger partial charge >= 0.3 is 6.03 Å². The molecule has 1 aromatic carbocycles. The van der Waals surface area contributed by atoms with Gasteiger partial charge in [0.2, 0.25) is 0 Å². The molecule has 2 aliphatic rings. The summed E-state index contributed by atoms with van der Waals surface area (Å²) < 4.78 is 5.19.